The Balaban J connectivity index is 2.29. The van der Waals surface area contributed by atoms with Crippen molar-refractivity contribution in [3.63, 3.8) is 0 Å². The highest BCUT2D eigenvalue weighted by Gasteiger charge is 2.41. The molecule has 0 heterocycles. The normalized spacial score (nSPS) is 14.8. The minimum atomic E-state index is -3.99. The van der Waals surface area contributed by atoms with E-state index < -0.39 is 44.9 Å². The number of nitrogens with two attached hydrogens (primary N) is 1. The molecule has 0 aliphatic heterocycles. The van der Waals surface area contributed by atoms with Crippen LogP contribution in [0.4, 0.5) is 5.69 Å². The third-order valence-corrected chi connectivity index (χ3v) is 9.24. The predicted molar refractivity (Wildman–Crippen MR) is 180 cm³/mol. The molecule has 0 saturated heterocycles. The zero-order chi connectivity index (χ0) is 34.3. The number of nitrogens with one attached hydrogen (secondary N) is 3. The van der Waals surface area contributed by atoms with Gasteiger partial charge in [0.15, 0.2) is 0 Å². The van der Waals surface area contributed by atoms with E-state index in [-0.39, 0.29) is 29.1 Å². The van der Waals surface area contributed by atoms with Gasteiger partial charge >= 0.3 is 0 Å². The fourth-order valence-electron chi connectivity index (χ4n) is 5.25. The Labute approximate surface area is 269 Å². The van der Waals surface area contributed by atoms with Gasteiger partial charge in [-0.3, -0.25) is 14.4 Å². The molecule has 0 spiro atoms. The van der Waals surface area contributed by atoms with Gasteiger partial charge in [0, 0.05) is 23.7 Å². The van der Waals surface area contributed by atoms with Crippen molar-refractivity contribution >= 4 is 33.4 Å². The molecular weight excluding hydrogens is 590 g/mol. The molecule has 45 heavy (non-hydrogen) atoms. The van der Waals surface area contributed by atoms with Crippen LogP contribution in [0.15, 0.2) is 66.2 Å². The minimum absolute atomic E-state index is 0.133. The number of carbonyl (C=O) groups excluding carboxylic acids is 3. The molecule has 0 saturated carbocycles. The van der Waals surface area contributed by atoms with Crippen LogP contribution in [0.3, 0.4) is 0 Å². The average molecular weight is 642 g/mol. The van der Waals surface area contributed by atoms with Crippen molar-refractivity contribution in [2.75, 3.05) is 19.8 Å². The van der Waals surface area contributed by atoms with Gasteiger partial charge in [-0.15, -0.1) is 0 Å². The van der Waals surface area contributed by atoms with Crippen LogP contribution in [0.25, 0.3) is 0 Å². The number of sulfonamides is 1. The second-order valence-corrected chi connectivity index (χ2v) is 15.3. The first-order valence-electron chi connectivity index (χ1n) is 15.1. The summed E-state index contributed by atoms with van der Waals surface area (Å²) in [6.07, 6.45) is 1.59. The Morgan fingerprint density at radius 3 is 1.98 bits per heavy atom. The van der Waals surface area contributed by atoms with Crippen molar-refractivity contribution in [3.8, 4) is 0 Å². The van der Waals surface area contributed by atoms with Gasteiger partial charge in [0.05, 0.1) is 17.8 Å². The van der Waals surface area contributed by atoms with Crippen LogP contribution in [-0.2, 0) is 35.6 Å². The zero-order valence-electron chi connectivity index (χ0n) is 28.3. The molecule has 0 aromatic heterocycles. The standard InChI is InChI=1S/C34H51N5O5S/c1-22(2)27(20-23(3)30(40)38-45(43,44)21-24-16-18-26(35)19-17-24)39(10)32(42)29(33(4,5)6)37-31(41)28(36-9)34(7,8)25-14-12-11-13-15-25/h11-20,22,27-29,36H,21,35H2,1-10H3,(H,37,41)(H,38,40). The lowest BCUT2D eigenvalue weighted by atomic mass is 9.76. The van der Waals surface area contributed by atoms with E-state index in [2.05, 4.69) is 15.4 Å². The highest BCUT2D eigenvalue weighted by atomic mass is 32.2. The third kappa shape index (κ3) is 10.2. The quantitative estimate of drug-likeness (QED) is 0.192. The van der Waals surface area contributed by atoms with Gasteiger partial charge in [0.25, 0.3) is 5.91 Å². The smallest absolute Gasteiger partial charge is 0.260 e. The highest BCUT2D eigenvalue weighted by Crippen LogP contribution is 2.29. The van der Waals surface area contributed by atoms with Gasteiger partial charge in [0.1, 0.15) is 6.04 Å². The number of hydrogen-bond donors (Lipinski definition) is 4. The summed E-state index contributed by atoms with van der Waals surface area (Å²) in [4.78, 5) is 42.3. The average Bonchev–Trinajstić information content (AvgIpc) is 2.94. The third-order valence-electron chi connectivity index (χ3n) is 8.03. The number of benzene rings is 2. The van der Waals surface area contributed by atoms with Crippen LogP contribution < -0.4 is 21.1 Å². The first kappa shape index (κ1) is 37.5. The summed E-state index contributed by atoms with van der Waals surface area (Å²) in [7, 11) is -0.642. The van der Waals surface area contributed by atoms with Crippen molar-refractivity contribution in [2.24, 2.45) is 11.3 Å². The van der Waals surface area contributed by atoms with Gasteiger partial charge in [-0.05, 0) is 48.6 Å². The maximum absolute atomic E-state index is 14.1. The molecule has 2 rings (SSSR count). The summed E-state index contributed by atoms with van der Waals surface area (Å²) in [5, 5.41) is 6.15. The molecule has 3 atom stereocenters. The zero-order valence-corrected chi connectivity index (χ0v) is 29.1. The maximum atomic E-state index is 14.1. The molecule has 0 aliphatic rings. The maximum Gasteiger partial charge on any atom is 0.260 e. The van der Waals surface area contributed by atoms with Crippen LogP contribution in [-0.4, -0.2) is 63.3 Å². The van der Waals surface area contributed by atoms with Gasteiger partial charge < -0.3 is 21.3 Å². The fraction of sp³-hybridized carbons (Fsp3) is 0.500. The van der Waals surface area contributed by atoms with E-state index >= 15 is 0 Å². The molecule has 2 aromatic carbocycles. The monoisotopic (exact) mass is 641 g/mol. The Kier molecular flexibility index (Phi) is 12.5. The summed E-state index contributed by atoms with van der Waals surface area (Å²) < 4.78 is 27.5. The van der Waals surface area contributed by atoms with E-state index in [1.54, 1.807) is 44.4 Å². The Hall–Kier alpha value is -3.70. The molecular formula is C34H51N5O5S. The highest BCUT2D eigenvalue weighted by molar-refractivity contribution is 7.89. The van der Waals surface area contributed by atoms with Crippen molar-refractivity contribution in [1.82, 2.24) is 20.3 Å². The van der Waals surface area contributed by atoms with E-state index in [0.717, 1.165) is 5.56 Å². The Morgan fingerprint density at radius 2 is 1.49 bits per heavy atom. The molecule has 11 heteroatoms. The number of anilines is 1. The van der Waals surface area contributed by atoms with E-state index in [1.165, 1.54) is 11.8 Å². The summed E-state index contributed by atoms with van der Waals surface area (Å²) in [5.41, 5.74) is 6.55. The number of likely N-dealkylation sites (N-methyl/N-ethyl adjacent to an activating group) is 2. The lowest BCUT2D eigenvalue weighted by Gasteiger charge is -2.40. The number of carbonyl (C=O) groups is 3. The first-order chi connectivity index (χ1) is 20.7. The van der Waals surface area contributed by atoms with E-state index in [0.29, 0.717) is 11.3 Å². The van der Waals surface area contributed by atoms with Crippen molar-refractivity contribution < 1.29 is 22.8 Å². The van der Waals surface area contributed by atoms with Gasteiger partial charge in [-0.1, -0.05) is 97.0 Å². The number of rotatable bonds is 13. The van der Waals surface area contributed by atoms with Crippen LogP contribution >= 0.6 is 0 Å². The molecule has 10 nitrogen and oxygen atoms in total. The lowest BCUT2D eigenvalue weighted by Crippen LogP contribution is -2.61. The SMILES string of the molecule is CNC(C(=O)NC(C(=O)N(C)C(C=C(C)C(=O)NS(=O)(=O)Cc1ccc(N)cc1)C(C)C)C(C)(C)C)C(C)(C)c1ccccc1. The fourth-order valence-corrected chi connectivity index (χ4v) is 6.40. The van der Waals surface area contributed by atoms with Crippen LogP contribution in [0, 0.1) is 11.3 Å². The van der Waals surface area contributed by atoms with Crippen molar-refractivity contribution in [2.45, 2.75) is 84.7 Å². The molecule has 248 valence electrons. The number of nitrogens with zero attached hydrogens (tertiary/aromatic N) is 1. The number of nitrogen functional groups attached to an aromatic ring is 1. The summed E-state index contributed by atoms with van der Waals surface area (Å²) in [6.45, 7) is 14.9. The largest absolute Gasteiger partial charge is 0.399 e. The molecule has 0 radical (unpaired) electrons. The van der Waals surface area contributed by atoms with Crippen LogP contribution in [0.1, 0.15) is 66.5 Å². The number of hydrogen-bond acceptors (Lipinski definition) is 7. The second kappa shape index (κ2) is 15.1. The lowest BCUT2D eigenvalue weighted by molar-refractivity contribution is -0.140. The summed E-state index contributed by atoms with van der Waals surface area (Å²) >= 11 is 0. The molecule has 3 amide bonds. The van der Waals surface area contributed by atoms with E-state index in [9.17, 15) is 22.8 Å². The molecule has 2 aromatic rings. The Bertz CT molecular complexity index is 1460. The molecule has 0 fully saturated rings. The molecule has 3 unspecified atom stereocenters. The molecule has 0 aliphatic carbocycles. The van der Waals surface area contributed by atoms with E-state index in [4.69, 9.17) is 5.73 Å². The van der Waals surface area contributed by atoms with Crippen molar-refractivity contribution in [1.29, 1.82) is 0 Å². The van der Waals surface area contributed by atoms with Crippen LogP contribution in [0.5, 0.6) is 0 Å². The number of amides is 3. The summed E-state index contributed by atoms with van der Waals surface area (Å²) in [5.74, 6) is -1.95. The predicted octanol–water partition coefficient (Wildman–Crippen LogP) is 3.74. The topological polar surface area (TPSA) is 151 Å². The molecule has 5 N–H and O–H groups in total. The van der Waals surface area contributed by atoms with E-state index in [1.807, 2.05) is 78.8 Å². The summed E-state index contributed by atoms with van der Waals surface area (Å²) in [6, 6.07) is 14.0. The van der Waals surface area contributed by atoms with Crippen LogP contribution in [0.2, 0.25) is 0 Å². The Morgan fingerprint density at radius 1 is 0.933 bits per heavy atom. The molecule has 0 bridgehead atoms. The van der Waals surface area contributed by atoms with Gasteiger partial charge in [-0.2, -0.15) is 0 Å². The second-order valence-electron chi connectivity index (χ2n) is 13.6. The van der Waals surface area contributed by atoms with Gasteiger partial charge in [-0.25, -0.2) is 13.1 Å². The minimum Gasteiger partial charge on any atom is -0.399 e. The van der Waals surface area contributed by atoms with Gasteiger partial charge in [0.2, 0.25) is 21.8 Å². The first-order valence-corrected chi connectivity index (χ1v) is 16.7. The van der Waals surface area contributed by atoms with Crippen molar-refractivity contribution in [3.05, 3.63) is 77.4 Å².